The van der Waals surface area contributed by atoms with Crippen molar-refractivity contribution in [2.45, 2.75) is 39.3 Å². The molecule has 0 saturated heterocycles. The number of benzene rings is 1. The van der Waals surface area contributed by atoms with Crippen molar-refractivity contribution in [2.75, 3.05) is 0 Å². The molecule has 0 radical (unpaired) electrons. The summed E-state index contributed by atoms with van der Waals surface area (Å²) in [6.07, 6.45) is 2.65. The van der Waals surface area contributed by atoms with Crippen LogP contribution in [0, 0.1) is 13.8 Å². The SMILES string of the molecule is Cc1cc(C)cc(-c2nc(CNC3CC3)cs2)c1. The number of rotatable bonds is 4. The van der Waals surface area contributed by atoms with Gasteiger partial charge in [0, 0.05) is 23.5 Å². The molecule has 0 unspecified atom stereocenters. The number of aryl methyl sites for hydroxylation is 2. The standard InChI is InChI=1S/C15H18N2S/c1-10-5-11(2)7-12(6-10)15-17-14(9-18-15)8-16-13-3-4-13/h5-7,9,13,16H,3-4,8H2,1-2H3. The first kappa shape index (κ1) is 11.9. The van der Waals surface area contributed by atoms with Crippen molar-refractivity contribution < 1.29 is 0 Å². The number of nitrogens with zero attached hydrogens (tertiary/aromatic N) is 1. The number of thiazole rings is 1. The molecule has 0 bridgehead atoms. The predicted octanol–water partition coefficient (Wildman–Crippen LogP) is 3.68. The summed E-state index contributed by atoms with van der Waals surface area (Å²) in [5, 5.41) is 6.81. The van der Waals surface area contributed by atoms with E-state index in [9.17, 15) is 0 Å². The summed E-state index contributed by atoms with van der Waals surface area (Å²) in [4.78, 5) is 4.72. The normalized spacial score (nSPS) is 15.0. The molecular weight excluding hydrogens is 240 g/mol. The molecule has 1 aromatic heterocycles. The van der Waals surface area contributed by atoms with Gasteiger partial charge in [-0.2, -0.15) is 0 Å². The van der Waals surface area contributed by atoms with Gasteiger partial charge in [0.15, 0.2) is 0 Å². The molecule has 1 saturated carbocycles. The van der Waals surface area contributed by atoms with Crippen LogP contribution in [0.25, 0.3) is 10.6 Å². The molecule has 0 atom stereocenters. The zero-order valence-corrected chi connectivity index (χ0v) is 11.7. The predicted molar refractivity (Wildman–Crippen MR) is 76.9 cm³/mol. The highest BCUT2D eigenvalue weighted by molar-refractivity contribution is 7.13. The molecule has 3 rings (SSSR count). The van der Waals surface area contributed by atoms with Gasteiger partial charge in [0.25, 0.3) is 0 Å². The molecule has 2 nitrogen and oxygen atoms in total. The molecule has 0 spiro atoms. The van der Waals surface area contributed by atoms with E-state index >= 15 is 0 Å². The molecule has 1 aliphatic carbocycles. The molecule has 3 heteroatoms. The topological polar surface area (TPSA) is 24.9 Å². The second-order valence-electron chi connectivity index (χ2n) is 5.18. The van der Waals surface area contributed by atoms with Crippen molar-refractivity contribution in [1.29, 1.82) is 0 Å². The minimum Gasteiger partial charge on any atom is -0.308 e. The Morgan fingerprint density at radius 2 is 1.94 bits per heavy atom. The average molecular weight is 258 g/mol. The van der Waals surface area contributed by atoms with Crippen LogP contribution in [0.2, 0.25) is 0 Å². The summed E-state index contributed by atoms with van der Waals surface area (Å²) in [6.45, 7) is 5.19. The van der Waals surface area contributed by atoms with E-state index < -0.39 is 0 Å². The van der Waals surface area contributed by atoms with Crippen molar-refractivity contribution in [3.63, 3.8) is 0 Å². The zero-order valence-electron chi connectivity index (χ0n) is 10.9. The lowest BCUT2D eigenvalue weighted by molar-refractivity contribution is 0.678. The summed E-state index contributed by atoms with van der Waals surface area (Å²) < 4.78 is 0. The lowest BCUT2D eigenvalue weighted by atomic mass is 10.1. The van der Waals surface area contributed by atoms with Crippen LogP contribution >= 0.6 is 11.3 Å². The van der Waals surface area contributed by atoms with E-state index in [-0.39, 0.29) is 0 Å². The third-order valence-corrected chi connectivity index (χ3v) is 4.11. The monoisotopic (exact) mass is 258 g/mol. The van der Waals surface area contributed by atoms with Crippen LogP contribution in [-0.4, -0.2) is 11.0 Å². The Hall–Kier alpha value is -1.19. The summed E-state index contributed by atoms with van der Waals surface area (Å²) in [6, 6.07) is 7.37. The fourth-order valence-electron chi connectivity index (χ4n) is 2.16. The first-order valence-corrected chi connectivity index (χ1v) is 7.35. The zero-order chi connectivity index (χ0) is 12.5. The van der Waals surface area contributed by atoms with Gasteiger partial charge in [0.2, 0.25) is 0 Å². The van der Waals surface area contributed by atoms with E-state index in [1.807, 2.05) is 0 Å². The van der Waals surface area contributed by atoms with Gasteiger partial charge in [-0.25, -0.2) is 4.98 Å². The Morgan fingerprint density at radius 3 is 2.61 bits per heavy atom. The van der Waals surface area contributed by atoms with Crippen LogP contribution in [0.4, 0.5) is 0 Å². The lowest BCUT2D eigenvalue weighted by Gasteiger charge is -2.01. The molecule has 1 N–H and O–H groups in total. The molecule has 1 aliphatic rings. The molecule has 1 aromatic carbocycles. The van der Waals surface area contributed by atoms with Crippen LogP contribution in [-0.2, 0) is 6.54 Å². The first-order chi connectivity index (χ1) is 8.70. The fourth-order valence-corrected chi connectivity index (χ4v) is 2.96. The Labute approximate surface area is 112 Å². The average Bonchev–Trinajstić information content (AvgIpc) is 3.02. The smallest absolute Gasteiger partial charge is 0.123 e. The maximum atomic E-state index is 4.72. The number of hydrogen-bond donors (Lipinski definition) is 1. The number of hydrogen-bond acceptors (Lipinski definition) is 3. The van der Waals surface area contributed by atoms with Gasteiger partial charge in [-0.15, -0.1) is 11.3 Å². The van der Waals surface area contributed by atoms with Crippen molar-refractivity contribution >= 4 is 11.3 Å². The van der Waals surface area contributed by atoms with Crippen molar-refractivity contribution in [2.24, 2.45) is 0 Å². The Bertz CT molecular complexity index is 535. The second kappa shape index (κ2) is 4.82. The summed E-state index contributed by atoms with van der Waals surface area (Å²) in [5.74, 6) is 0. The molecule has 0 aliphatic heterocycles. The largest absolute Gasteiger partial charge is 0.308 e. The van der Waals surface area contributed by atoms with Crippen LogP contribution in [0.15, 0.2) is 23.6 Å². The highest BCUT2D eigenvalue weighted by atomic mass is 32.1. The molecule has 2 aromatic rings. The van der Waals surface area contributed by atoms with E-state index in [1.165, 1.54) is 35.2 Å². The van der Waals surface area contributed by atoms with Gasteiger partial charge in [-0.05, 0) is 38.8 Å². The van der Waals surface area contributed by atoms with Crippen molar-refractivity contribution in [3.8, 4) is 10.6 Å². The maximum absolute atomic E-state index is 4.72. The van der Waals surface area contributed by atoms with Gasteiger partial charge in [-0.3, -0.25) is 0 Å². The number of nitrogens with one attached hydrogen (secondary N) is 1. The van der Waals surface area contributed by atoms with Gasteiger partial charge >= 0.3 is 0 Å². The number of aromatic nitrogens is 1. The highest BCUT2D eigenvalue weighted by Crippen LogP contribution is 2.26. The van der Waals surface area contributed by atoms with Crippen molar-refractivity contribution in [1.82, 2.24) is 10.3 Å². The summed E-state index contributed by atoms with van der Waals surface area (Å²) >= 11 is 1.74. The molecule has 1 fully saturated rings. The third-order valence-electron chi connectivity index (χ3n) is 3.17. The minimum absolute atomic E-state index is 0.747. The van der Waals surface area contributed by atoms with Gasteiger partial charge in [0.1, 0.15) is 5.01 Å². The van der Waals surface area contributed by atoms with Crippen LogP contribution in [0.5, 0.6) is 0 Å². The third kappa shape index (κ3) is 2.79. The van der Waals surface area contributed by atoms with Crippen LogP contribution in [0.3, 0.4) is 0 Å². The fraction of sp³-hybridized carbons (Fsp3) is 0.400. The molecular formula is C15H18N2S. The van der Waals surface area contributed by atoms with Gasteiger partial charge < -0.3 is 5.32 Å². The minimum atomic E-state index is 0.747. The van der Waals surface area contributed by atoms with Gasteiger partial charge in [0.05, 0.1) is 5.69 Å². The van der Waals surface area contributed by atoms with Crippen LogP contribution in [0.1, 0.15) is 29.7 Å². The van der Waals surface area contributed by atoms with E-state index in [1.54, 1.807) is 11.3 Å². The van der Waals surface area contributed by atoms with E-state index in [2.05, 4.69) is 42.7 Å². The molecule has 18 heavy (non-hydrogen) atoms. The Balaban J connectivity index is 1.78. The summed E-state index contributed by atoms with van der Waals surface area (Å²) in [5.41, 5.74) is 5.02. The quantitative estimate of drug-likeness (QED) is 0.905. The van der Waals surface area contributed by atoms with Crippen molar-refractivity contribution in [3.05, 3.63) is 40.4 Å². The Morgan fingerprint density at radius 1 is 1.22 bits per heavy atom. The van der Waals surface area contributed by atoms with Gasteiger partial charge in [-0.1, -0.05) is 17.2 Å². The highest BCUT2D eigenvalue weighted by Gasteiger charge is 2.20. The maximum Gasteiger partial charge on any atom is 0.123 e. The van der Waals surface area contributed by atoms with Crippen LogP contribution < -0.4 is 5.32 Å². The van der Waals surface area contributed by atoms with E-state index in [0.717, 1.165) is 17.6 Å². The second-order valence-corrected chi connectivity index (χ2v) is 6.03. The van der Waals surface area contributed by atoms with E-state index in [4.69, 9.17) is 4.98 Å². The molecule has 1 heterocycles. The Kier molecular flexibility index (Phi) is 3.18. The first-order valence-electron chi connectivity index (χ1n) is 6.47. The van der Waals surface area contributed by atoms with E-state index in [0.29, 0.717) is 0 Å². The summed E-state index contributed by atoms with van der Waals surface area (Å²) in [7, 11) is 0. The molecule has 94 valence electrons. The lowest BCUT2D eigenvalue weighted by Crippen LogP contribution is -2.15. The molecule has 0 amide bonds.